The van der Waals surface area contributed by atoms with Gasteiger partial charge in [0.05, 0.1) is 11.3 Å². The molecule has 0 spiro atoms. The summed E-state index contributed by atoms with van der Waals surface area (Å²) in [5.74, 6) is 0. The van der Waals surface area contributed by atoms with Crippen molar-refractivity contribution in [2.24, 2.45) is 14.1 Å². The van der Waals surface area contributed by atoms with E-state index < -0.39 is 22.2 Å². The third-order valence-electron chi connectivity index (χ3n) is 3.78. The van der Waals surface area contributed by atoms with E-state index in [9.17, 15) is 19.2 Å². The van der Waals surface area contributed by atoms with Gasteiger partial charge in [-0.25, -0.2) is 14.0 Å². The van der Waals surface area contributed by atoms with Crippen LogP contribution in [0.2, 0.25) is 0 Å². The minimum absolute atomic E-state index is 0.190. The fraction of sp³-hybridized carbons (Fsp3) is 0.188. The Kier molecular flexibility index (Phi) is 3.84. The largest absolute Gasteiger partial charge is 0.351 e. The van der Waals surface area contributed by atoms with Gasteiger partial charge >= 0.3 is 11.2 Å². The van der Waals surface area contributed by atoms with Crippen molar-refractivity contribution in [3.05, 3.63) is 77.4 Å². The predicted molar refractivity (Wildman–Crippen MR) is 91.1 cm³/mol. The van der Waals surface area contributed by atoms with Crippen LogP contribution in [0, 0.1) is 6.92 Å². The zero-order valence-corrected chi connectivity index (χ0v) is 13.8. The average Bonchev–Trinajstić information content (AvgIpc) is 2.57. The highest BCUT2D eigenvalue weighted by Crippen LogP contribution is 2.08. The van der Waals surface area contributed by atoms with E-state index in [0.29, 0.717) is 5.69 Å². The average molecular weight is 341 g/mol. The number of aryl methyl sites for hydroxylation is 3. The molecule has 0 radical (unpaired) electrons. The minimum Gasteiger partial charge on any atom is -0.302 e. The Hall–Kier alpha value is -3.49. The summed E-state index contributed by atoms with van der Waals surface area (Å²) in [5.41, 5.74) is -2.37. The molecule has 1 aromatic carbocycles. The fourth-order valence-corrected chi connectivity index (χ4v) is 2.47. The fourth-order valence-electron chi connectivity index (χ4n) is 2.47. The summed E-state index contributed by atoms with van der Waals surface area (Å²) < 4.78 is 2.87. The van der Waals surface area contributed by atoms with Crippen LogP contribution in [0.1, 0.15) is 5.56 Å². The van der Waals surface area contributed by atoms with Crippen LogP contribution in [0.15, 0.2) is 49.6 Å². The number of aromatic amines is 1. The standard InChI is InChI=1S/C16H15N5O4/c1-9-5-4-6-10(7-9)21-14(23)12(18-20(3)16(21)25)11-8-17-19(2)15(24)13(11)22/h4-8,17H,1-3H3. The van der Waals surface area contributed by atoms with Gasteiger partial charge in [0.2, 0.25) is 0 Å². The van der Waals surface area contributed by atoms with Crippen molar-refractivity contribution < 1.29 is 0 Å². The lowest BCUT2D eigenvalue weighted by molar-refractivity contribution is 0.634. The summed E-state index contributed by atoms with van der Waals surface area (Å²) in [6, 6.07) is 6.81. The highest BCUT2D eigenvalue weighted by atomic mass is 16.2. The lowest BCUT2D eigenvalue weighted by atomic mass is 10.2. The maximum Gasteiger partial charge on any atom is 0.351 e. The van der Waals surface area contributed by atoms with Gasteiger partial charge in [-0.2, -0.15) is 5.10 Å². The van der Waals surface area contributed by atoms with Crippen molar-refractivity contribution in [1.82, 2.24) is 24.1 Å². The number of hydrogen-bond donors (Lipinski definition) is 1. The van der Waals surface area contributed by atoms with E-state index in [1.54, 1.807) is 18.2 Å². The van der Waals surface area contributed by atoms with Gasteiger partial charge < -0.3 is 5.10 Å². The predicted octanol–water partition coefficient (Wildman–Crippen LogP) is -0.706. The Balaban J connectivity index is 2.41. The van der Waals surface area contributed by atoms with Crippen LogP contribution >= 0.6 is 0 Å². The summed E-state index contributed by atoms with van der Waals surface area (Å²) in [6.45, 7) is 1.83. The van der Waals surface area contributed by atoms with Crippen molar-refractivity contribution in [2.75, 3.05) is 0 Å². The molecule has 1 N–H and O–H groups in total. The van der Waals surface area contributed by atoms with Gasteiger partial charge in [0.1, 0.15) is 0 Å². The third kappa shape index (κ3) is 2.65. The topological polar surface area (TPSA) is 112 Å². The molecule has 0 saturated heterocycles. The maximum atomic E-state index is 12.8. The molecule has 0 aliphatic heterocycles. The van der Waals surface area contributed by atoms with Gasteiger partial charge in [-0.1, -0.05) is 12.1 Å². The molecule has 2 aromatic heterocycles. The first-order valence-corrected chi connectivity index (χ1v) is 7.37. The minimum atomic E-state index is -0.875. The normalized spacial score (nSPS) is 10.8. The van der Waals surface area contributed by atoms with Crippen LogP contribution in [0.5, 0.6) is 0 Å². The number of hydrogen-bond acceptors (Lipinski definition) is 5. The second-order valence-corrected chi connectivity index (χ2v) is 5.61. The van der Waals surface area contributed by atoms with Gasteiger partial charge in [-0.3, -0.25) is 19.1 Å². The molecule has 0 aliphatic carbocycles. The zero-order valence-electron chi connectivity index (χ0n) is 13.8. The van der Waals surface area contributed by atoms with Crippen LogP contribution in [0.25, 0.3) is 16.9 Å². The third-order valence-corrected chi connectivity index (χ3v) is 3.78. The molecular weight excluding hydrogens is 326 g/mol. The van der Waals surface area contributed by atoms with Crippen LogP contribution in [0.4, 0.5) is 0 Å². The molecule has 0 saturated carbocycles. The molecular formula is C16H15N5O4. The maximum absolute atomic E-state index is 12.8. The van der Waals surface area contributed by atoms with E-state index in [-0.39, 0.29) is 11.3 Å². The number of rotatable bonds is 2. The van der Waals surface area contributed by atoms with Gasteiger partial charge in [-0.15, -0.1) is 0 Å². The number of nitrogens with one attached hydrogen (secondary N) is 1. The summed E-state index contributed by atoms with van der Waals surface area (Å²) >= 11 is 0. The van der Waals surface area contributed by atoms with Crippen molar-refractivity contribution in [3.8, 4) is 16.9 Å². The van der Waals surface area contributed by atoms with Crippen LogP contribution < -0.4 is 22.2 Å². The molecule has 9 heteroatoms. The van der Waals surface area contributed by atoms with Crippen molar-refractivity contribution in [3.63, 3.8) is 0 Å². The van der Waals surface area contributed by atoms with Crippen LogP contribution in [-0.2, 0) is 14.1 Å². The molecule has 25 heavy (non-hydrogen) atoms. The monoisotopic (exact) mass is 341 g/mol. The van der Waals surface area contributed by atoms with E-state index >= 15 is 0 Å². The molecule has 9 nitrogen and oxygen atoms in total. The second-order valence-electron chi connectivity index (χ2n) is 5.61. The van der Waals surface area contributed by atoms with Gasteiger partial charge in [0.15, 0.2) is 5.69 Å². The smallest absolute Gasteiger partial charge is 0.302 e. The van der Waals surface area contributed by atoms with Crippen LogP contribution in [0.3, 0.4) is 0 Å². The van der Waals surface area contributed by atoms with E-state index in [0.717, 1.165) is 19.5 Å². The van der Waals surface area contributed by atoms with E-state index in [2.05, 4.69) is 10.2 Å². The molecule has 0 bridgehead atoms. The van der Waals surface area contributed by atoms with E-state index in [1.807, 2.05) is 13.0 Å². The molecule has 0 atom stereocenters. The number of H-pyrrole nitrogens is 1. The first kappa shape index (κ1) is 16.4. The molecule has 3 aromatic rings. The summed E-state index contributed by atoms with van der Waals surface area (Å²) in [7, 11) is 2.75. The van der Waals surface area contributed by atoms with E-state index in [4.69, 9.17) is 0 Å². The highest BCUT2D eigenvalue weighted by Gasteiger charge is 2.18. The Bertz CT molecular complexity index is 1210. The molecule has 2 heterocycles. The Morgan fingerprint density at radius 1 is 1.04 bits per heavy atom. The lowest BCUT2D eigenvalue weighted by Crippen LogP contribution is -2.42. The van der Waals surface area contributed by atoms with Crippen molar-refractivity contribution in [2.45, 2.75) is 6.92 Å². The van der Waals surface area contributed by atoms with Gasteiger partial charge in [0.25, 0.3) is 11.0 Å². The van der Waals surface area contributed by atoms with Gasteiger partial charge in [-0.05, 0) is 24.6 Å². The summed E-state index contributed by atoms with van der Waals surface area (Å²) in [5, 5.41) is 6.45. The van der Waals surface area contributed by atoms with E-state index in [1.165, 1.54) is 20.3 Å². The molecule has 3 rings (SSSR count). The zero-order chi connectivity index (χ0) is 18.3. The first-order valence-electron chi connectivity index (χ1n) is 7.37. The first-order chi connectivity index (χ1) is 11.8. The Morgan fingerprint density at radius 3 is 2.44 bits per heavy atom. The Labute approximate surface area is 140 Å². The molecule has 128 valence electrons. The van der Waals surface area contributed by atoms with Crippen LogP contribution in [-0.4, -0.2) is 24.1 Å². The SMILES string of the molecule is Cc1cccc(-n2c(=O)c(-c3c[nH]n(C)c(=O)c3=O)nn(C)c2=O)c1. The van der Waals surface area contributed by atoms with Gasteiger partial charge in [0, 0.05) is 20.3 Å². The van der Waals surface area contributed by atoms with Crippen molar-refractivity contribution in [1.29, 1.82) is 0 Å². The lowest BCUT2D eigenvalue weighted by Gasteiger charge is -2.10. The highest BCUT2D eigenvalue weighted by molar-refractivity contribution is 5.56. The molecule has 0 aliphatic rings. The molecule has 0 amide bonds. The Morgan fingerprint density at radius 2 is 1.76 bits per heavy atom. The molecule has 0 fully saturated rings. The quantitative estimate of drug-likeness (QED) is 0.619. The second kappa shape index (κ2) is 5.86. The summed E-state index contributed by atoms with van der Waals surface area (Å²) in [6.07, 6.45) is 1.22. The number of aromatic nitrogens is 5. The number of benzene rings is 1. The van der Waals surface area contributed by atoms with Crippen molar-refractivity contribution >= 4 is 0 Å². The number of nitrogens with zero attached hydrogens (tertiary/aromatic N) is 4. The molecule has 0 unspecified atom stereocenters. The summed E-state index contributed by atoms with van der Waals surface area (Å²) in [4.78, 5) is 49.3.